The number of carbonyl (C=O) groups is 1. The van der Waals surface area contributed by atoms with Gasteiger partial charge in [0.2, 0.25) is 0 Å². The number of hydrogen-bond donors (Lipinski definition) is 0. The fourth-order valence-electron chi connectivity index (χ4n) is 4.32. The van der Waals surface area contributed by atoms with Crippen molar-refractivity contribution in [1.82, 2.24) is 9.88 Å². The molecule has 6 heteroatoms. The van der Waals surface area contributed by atoms with Crippen LogP contribution in [-0.4, -0.2) is 49.1 Å². The van der Waals surface area contributed by atoms with Gasteiger partial charge in [-0.3, -0.25) is 4.90 Å². The number of esters is 1. The molecule has 0 amide bonds. The van der Waals surface area contributed by atoms with E-state index in [2.05, 4.69) is 46.1 Å². The summed E-state index contributed by atoms with van der Waals surface area (Å²) in [5.41, 5.74) is 3.20. The van der Waals surface area contributed by atoms with Gasteiger partial charge < -0.3 is 9.64 Å². The van der Waals surface area contributed by atoms with Crippen molar-refractivity contribution in [3.05, 3.63) is 45.9 Å². The number of piperidine rings is 1. The van der Waals surface area contributed by atoms with E-state index >= 15 is 0 Å². The quantitative estimate of drug-likeness (QED) is 0.772. The Bertz CT molecular complexity index is 796. The number of nitrogens with zero attached hydrogens (tertiary/aromatic N) is 3. The fourth-order valence-corrected chi connectivity index (χ4v) is 5.17. The molecule has 0 saturated carbocycles. The zero-order valence-electron chi connectivity index (χ0n) is 15.4. The lowest BCUT2D eigenvalue weighted by atomic mass is 9.74. The predicted octanol–water partition coefficient (Wildman–Crippen LogP) is 3.30. The van der Waals surface area contributed by atoms with Crippen LogP contribution in [0.15, 0.2) is 30.5 Å². The second kappa shape index (κ2) is 7.00. The number of hydrogen-bond acceptors (Lipinski definition) is 6. The van der Waals surface area contributed by atoms with Crippen molar-refractivity contribution in [2.75, 3.05) is 38.2 Å². The van der Waals surface area contributed by atoms with Gasteiger partial charge in [-0.25, -0.2) is 9.78 Å². The van der Waals surface area contributed by atoms with Gasteiger partial charge in [-0.15, -0.1) is 11.3 Å². The minimum atomic E-state index is -0.264. The minimum absolute atomic E-state index is 0.264. The van der Waals surface area contributed by atoms with Crippen LogP contribution in [0.25, 0.3) is 0 Å². The van der Waals surface area contributed by atoms with Crippen LogP contribution in [0.5, 0.6) is 0 Å². The van der Waals surface area contributed by atoms with Gasteiger partial charge >= 0.3 is 5.97 Å². The van der Waals surface area contributed by atoms with Crippen molar-refractivity contribution in [3.63, 3.8) is 0 Å². The van der Waals surface area contributed by atoms with Crippen LogP contribution in [0.1, 0.15) is 40.0 Å². The number of thiazole rings is 1. The maximum atomic E-state index is 11.8. The van der Waals surface area contributed by atoms with E-state index < -0.39 is 0 Å². The van der Waals surface area contributed by atoms with E-state index in [9.17, 15) is 4.79 Å². The molecule has 0 N–H and O–H groups in total. The third-order valence-corrected chi connectivity index (χ3v) is 6.59. The van der Waals surface area contributed by atoms with Gasteiger partial charge in [0.1, 0.15) is 9.88 Å². The smallest absolute Gasteiger partial charge is 0.349 e. The molecule has 26 heavy (non-hydrogen) atoms. The first-order chi connectivity index (χ1) is 12.6. The first kappa shape index (κ1) is 17.5. The Kier molecular flexibility index (Phi) is 4.71. The number of benzene rings is 1. The maximum absolute atomic E-state index is 11.8. The number of anilines is 1. The second-order valence-electron chi connectivity index (χ2n) is 7.27. The number of carbonyl (C=O) groups excluding carboxylic acids is 1. The summed E-state index contributed by atoms with van der Waals surface area (Å²) in [6, 6.07) is 8.84. The predicted molar refractivity (Wildman–Crippen MR) is 104 cm³/mol. The molecule has 138 valence electrons. The summed E-state index contributed by atoms with van der Waals surface area (Å²) in [4.78, 5) is 21.7. The van der Waals surface area contributed by atoms with Crippen LogP contribution >= 0.6 is 11.3 Å². The molecule has 1 aromatic heterocycles. The summed E-state index contributed by atoms with van der Waals surface area (Å²) in [5.74, 6) is -0.264. The van der Waals surface area contributed by atoms with Crippen LogP contribution in [0, 0.1) is 0 Å². The Labute approximate surface area is 158 Å². The van der Waals surface area contributed by atoms with Crippen molar-refractivity contribution in [1.29, 1.82) is 0 Å². The summed E-state index contributed by atoms with van der Waals surface area (Å²) in [5, 5.41) is 0.993. The molecule has 4 rings (SSSR count). The molecule has 5 nitrogen and oxygen atoms in total. The third kappa shape index (κ3) is 3.12. The lowest BCUT2D eigenvalue weighted by Gasteiger charge is -2.39. The molecule has 0 radical (unpaired) electrons. The number of ether oxygens (including phenoxy) is 1. The minimum Gasteiger partial charge on any atom is -0.462 e. The lowest BCUT2D eigenvalue weighted by molar-refractivity contribution is 0.0532. The molecule has 1 spiro atoms. The Morgan fingerprint density at radius 3 is 2.85 bits per heavy atom. The van der Waals surface area contributed by atoms with E-state index in [0.717, 1.165) is 31.2 Å². The molecule has 0 atom stereocenters. The van der Waals surface area contributed by atoms with E-state index in [-0.39, 0.29) is 5.97 Å². The van der Waals surface area contributed by atoms with Crippen LogP contribution in [0.2, 0.25) is 0 Å². The largest absolute Gasteiger partial charge is 0.462 e. The zero-order valence-corrected chi connectivity index (χ0v) is 16.2. The zero-order chi connectivity index (χ0) is 18.1. The SMILES string of the molecule is CCOC(=O)c1cnc(CN2CCC3(CC2)CN(C)c2ccccc23)s1. The summed E-state index contributed by atoms with van der Waals surface area (Å²) in [6.45, 7) is 6.28. The van der Waals surface area contributed by atoms with Crippen LogP contribution in [-0.2, 0) is 16.7 Å². The van der Waals surface area contributed by atoms with E-state index in [4.69, 9.17) is 4.74 Å². The van der Waals surface area contributed by atoms with Gasteiger partial charge in [-0.1, -0.05) is 18.2 Å². The molecule has 0 bridgehead atoms. The Morgan fingerprint density at radius 2 is 2.08 bits per heavy atom. The molecule has 2 aliphatic rings. The first-order valence-electron chi connectivity index (χ1n) is 9.26. The number of aromatic nitrogens is 1. The molecule has 1 fully saturated rings. The standard InChI is InChI=1S/C20H25N3O2S/c1-3-25-19(24)17-12-21-18(26-17)13-23-10-8-20(9-11-23)14-22(2)16-7-5-4-6-15(16)20/h4-7,12H,3,8-11,13-14H2,1-2H3. The fraction of sp³-hybridized carbons (Fsp3) is 0.500. The van der Waals surface area contributed by atoms with E-state index in [1.54, 1.807) is 6.20 Å². The number of fused-ring (bicyclic) bond motifs is 2. The second-order valence-corrected chi connectivity index (χ2v) is 8.38. The summed E-state index contributed by atoms with van der Waals surface area (Å²) < 4.78 is 5.05. The lowest BCUT2D eigenvalue weighted by Crippen LogP contribution is -2.44. The molecule has 3 heterocycles. The number of likely N-dealkylation sites (tertiary alicyclic amines) is 1. The normalized spacial score (nSPS) is 18.9. The van der Waals surface area contributed by atoms with Gasteiger partial charge in [-0.2, -0.15) is 0 Å². The van der Waals surface area contributed by atoms with E-state index in [1.165, 1.54) is 35.4 Å². The van der Waals surface area contributed by atoms with Gasteiger partial charge in [0.15, 0.2) is 0 Å². The highest BCUT2D eigenvalue weighted by Crippen LogP contribution is 2.46. The molecule has 0 unspecified atom stereocenters. The highest BCUT2D eigenvalue weighted by atomic mass is 32.1. The molecule has 1 saturated heterocycles. The Hall–Kier alpha value is -1.92. The number of rotatable bonds is 4. The summed E-state index contributed by atoms with van der Waals surface area (Å²) in [7, 11) is 2.20. The monoisotopic (exact) mass is 371 g/mol. The van der Waals surface area contributed by atoms with Crippen LogP contribution in [0.3, 0.4) is 0 Å². The molecule has 1 aromatic carbocycles. The van der Waals surface area contributed by atoms with Crippen molar-refractivity contribution in [3.8, 4) is 0 Å². The maximum Gasteiger partial charge on any atom is 0.349 e. The Balaban J connectivity index is 1.40. The van der Waals surface area contributed by atoms with Gasteiger partial charge in [-0.05, 0) is 44.5 Å². The average molecular weight is 372 g/mol. The highest BCUT2D eigenvalue weighted by molar-refractivity contribution is 7.13. The summed E-state index contributed by atoms with van der Waals surface area (Å²) >= 11 is 1.45. The molecular formula is C20H25N3O2S. The number of para-hydroxylation sites is 1. The third-order valence-electron chi connectivity index (χ3n) is 5.63. The molecule has 0 aliphatic carbocycles. The summed E-state index contributed by atoms with van der Waals surface area (Å²) in [6.07, 6.45) is 3.99. The van der Waals surface area contributed by atoms with Crippen molar-refractivity contribution < 1.29 is 9.53 Å². The van der Waals surface area contributed by atoms with Crippen molar-refractivity contribution >= 4 is 23.0 Å². The Morgan fingerprint density at radius 1 is 1.31 bits per heavy atom. The number of likely N-dealkylation sites (N-methyl/N-ethyl adjacent to an activating group) is 1. The van der Waals surface area contributed by atoms with Gasteiger partial charge in [0.05, 0.1) is 19.3 Å². The average Bonchev–Trinajstić information content (AvgIpc) is 3.22. The van der Waals surface area contributed by atoms with Crippen LogP contribution in [0.4, 0.5) is 5.69 Å². The highest BCUT2D eigenvalue weighted by Gasteiger charge is 2.43. The molecule has 2 aliphatic heterocycles. The van der Waals surface area contributed by atoms with Gasteiger partial charge in [0, 0.05) is 24.7 Å². The van der Waals surface area contributed by atoms with Gasteiger partial charge in [0.25, 0.3) is 0 Å². The van der Waals surface area contributed by atoms with Crippen LogP contribution < -0.4 is 4.90 Å². The molecular weight excluding hydrogens is 346 g/mol. The van der Waals surface area contributed by atoms with Crippen molar-refractivity contribution in [2.45, 2.75) is 31.7 Å². The van der Waals surface area contributed by atoms with E-state index in [0.29, 0.717) is 16.9 Å². The first-order valence-corrected chi connectivity index (χ1v) is 10.1. The topological polar surface area (TPSA) is 45.7 Å². The van der Waals surface area contributed by atoms with E-state index in [1.807, 2.05) is 6.92 Å². The van der Waals surface area contributed by atoms with Crippen molar-refractivity contribution in [2.24, 2.45) is 0 Å². The molecule has 2 aromatic rings.